The van der Waals surface area contributed by atoms with Gasteiger partial charge in [-0.3, -0.25) is 0 Å². The zero-order valence-corrected chi connectivity index (χ0v) is 11.0. The maximum absolute atomic E-state index is 11.9. The van der Waals surface area contributed by atoms with E-state index in [2.05, 4.69) is 23.7 Å². The van der Waals surface area contributed by atoms with Crippen LogP contribution in [0.1, 0.15) is 34.1 Å². The molecular formula is C15H17NO2. The van der Waals surface area contributed by atoms with Crippen LogP contribution in [0.4, 0.5) is 0 Å². The molecule has 3 nitrogen and oxygen atoms in total. The fourth-order valence-corrected chi connectivity index (χ4v) is 2.25. The van der Waals surface area contributed by atoms with Crippen molar-refractivity contribution in [1.82, 2.24) is 4.98 Å². The van der Waals surface area contributed by atoms with E-state index in [1.165, 1.54) is 0 Å². The van der Waals surface area contributed by atoms with Crippen molar-refractivity contribution in [2.45, 2.75) is 20.8 Å². The van der Waals surface area contributed by atoms with Crippen LogP contribution in [0.15, 0.2) is 18.7 Å². The average Bonchev–Trinajstić information content (AvgIpc) is 2.68. The largest absolute Gasteiger partial charge is 0.461 e. The molecule has 18 heavy (non-hydrogen) atoms. The van der Waals surface area contributed by atoms with Gasteiger partial charge in [0.2, 0.25) is 0 Å². The maximum Gasteiger partial charge on any atom is 0.355 e. The molecule has 1 aromatic heterocycles. The second-order valence-electron chi connectivity index (χ2n) is 4.34. The summed E-state index contributed by atoms with van der Waals surface area (Å²) in [6.45, 7) is 10.0. The third-order valence-electron chi connectivity index (χ3n) is 2.97. The average molecular weight is 243 g/mol. The molecule has 0 aliphatic carbocycles. The number of aryl methyl sites for hydroxylation is 2. The van der Waals surface area contributed by atoms with Crippen LogP contribution in [0.3, 0.4) is 0 Å². The summed E-state index contributed by atoms with van der Waals surface area (Å²) in [5.74, 6) is -0.333. The van der Waals surface area contributed by atoms with Crippen LogP contribution in [0.25, 0.3) is 17.0 Å². The number of carbonyl (C=O) groups is 1. The molecule has 0 saturated carbocycles. The Morgan fingerprint density at radius 3 is 2.78 bits per heavy atom. The van der Waals surface area contributed by atoms with Gasteiger partial charge in [0.05, 0.1) is 6.61 Å². The number of carbonyl (C=O) groups excluding carboxylic acids is 1. The summed E-state index contributed by atoms with van der Waals surface area (Å²) < 4.78 is 5.05. The highest BCUT2D eigenvalue weighted by Crippen LogP contribution is 2.27. The predicted molar refractivity (Wildman–Crippen MR) is 73.8 cm³/mol. The number of hydrogen-bond acceptors (Lipinski definition) is 2. The molecule has 2 rings (SSSR count). The zero-order chi connectivity index (χ0) is 13.3. The molecule has 0 amide bonds. The van der Waals surface area contributed by atoms with Crippen molar-refractivity contribution in [2.24, 2.45) is 0 Å². The number of hydrogen-bond donors (Lipinski definition) is 1. The van der Waals surface area contributed by atoms with Crippen molar-refractivity contribution in [3.05, 3.63) is 41.1 Å². The molecule has 0 radical (unpaired) electrons. The van der Waals surface area contributed by atoms with Gasteiger partial charge in [0.25, 0.3) is 0 Å². The van der Waals surface area contributed by atoms with Crippen molar-refractivity contribution in [3.63, 3.8) is 0 Å². The van der Waals surface area contributed by atoms with E-state index in [9.17, 15) is 4.79 Å². The standard InChI is InChI=1S/C15H17NO2/c1-5-11-12-8-9(3)7-10(4)13(12)16-14(11)15(17)18-6-2/h5,7-8,16H,1,6H2,2-4H3. The first-order valence-electron chi connectivity index (χ1n) is 6.01. The Morgan fingerprint density at radius 1 is 1.44 bits per heavy atom. The number of esters is 1. The number of fused-ring (bicyclic) bond motifs is 1. The summed E-state index contributed by atoms with van der Waals surface area (Å²) in [7, 11) is 0. The minimum absolute atomic E-state index is 0.333. The van der Waals surface area contributed by atoms with E-state index in [4.69, 9.17) is 4.74 Å². The van der Waals surface area contributed by atoms with Crippen LogP contribution >= 0.6 is 0 Å². The van der Waals surface area contributed by atoms with E-state index < -0.39 is 0 Å². The van der Waals surface area contributed by atoms with Crippen LogP contribution in [0.5, 0.6) is 0 Å². The highest BCUT2D eigenvalue weighted by Gasteiger charge is 2.17. The first-order valence-corrected chi connectivity index (χ1v) is 6.01. The van der Waals surface area contributed by atoms with Crippen molar-refractivity contribution in [1.29, 1.82) is 0 Å². The second kappa shape index (κ2) is 4.69. The second-order valence-corrected chi connectivity index (χ2v) is 4.34. The minimum Gasteiger partial charge on any atom is -0.461 e. The summed E-state index contributed by atoms with van der Waals surface area (Å²) in [5, 5.41) is 1.02. The summed E-state index contributed by atoms with van der Waals surface area (Å²) >= 11 is 0. The molecule has 3 heteroatoms. The monoisotopic (exact) mass is 243 g/mol. The molecular weight excluding hydrogens is 226 g/mol. The predicted octanol–water partition coefficient (Wildman–Crippen LogP) is 3.60. The van der Waals surface area contributed by atoms with Crippen molar-refractivity contribution in [3.8, 4) is 0 Å². The van der Waals surface area contributed by atoms with Gasteiger partial charge in [0, 0.05) is 16.5 Å². The van der Waals surface area contributed by atoms with Gasteiger partial charge >= 0.3 is 5.97 Å². The lowest BCUT2D eigenvalue weighted by Crippen LogP contribution is -2.06. The number of benzene rings is 1. The normalized spacial score (nSPS) is 10.6. The number of H-pyrrole nitrogens is 1. The van der Waals surface area contributed by atoms with Gasteiger partial charge in [0.15, 0.2) is 0 Å². The third-order valence-corrected chi connectivity index (χ3v) is 2.97. The molecule has 1 heterocycles. The molecule has 0 aliphatic rings. The van der Waals surface area contributed by atoms with E-state index >= 15 is 0 Å². The minimum atomic E-state index is -0.333. The summed E-state index contributed by atoms with van der Waals surface area (Å²) in [5.41, 5.74) is 4.55. The lowest BCUT2D eigenvalue weighted by Gasteiger charge is -2.00. The Balaban J connectivity index is 2.72. The molecule has 1 aromatic carbocycles. The van der Waals surface area contributed by atoms with E-state index in [0.717, 1.165) is 27.6 Å². The van der Waals surface area contributed by atoms with Crippen LogP contribution in [0, 0.1) is 13.8 Å². The molecule has 94 valence electrons. The molecule has 0 aliphatic heterocycles. The van der Waals surface area contributed by atoms with E-state index in [1.807, 2.05) is 13.8 Å². The molecule has 0 fully saturated rings. The molecule has 0 unspecified atom stereocenters. The van der Waals surface area contributed by atoms with Gasteiger partial charge in [-0.1, -0.05) is 24.3 Å². The summed E-state index contributed by atoms with van der Waals surface area (Å²) in [6.07, 6.45) is 1.70. The van der Waals surface area contributed by atoms with E-state index in [-0.39, 0.29) is 5.97 Å². The summed E-state index contributed by atoms with van der Waals surface area (Å²) in [4.78, 5) is 15.0. The molecule has 1 N–H and O–H groups in total. The fourth-order valence-electron chi connectivity index (χ4n) is 2.25. The molecule has 2 aromatic rings. The van der Waals surface area contributed by atoms with E-state index in [1.54, 1.807) is 13.0 Å². The Kier molecular flexibility index (Phi) is 3.24. The first-order chi connectivity index (χ1) is 8.58. The van der Waals surface area contributed by atoms with Gasteiger partial charge < -0.3 is 9.72 Å². The van der Waals surface area contributed by atoms with Gasteiger partial charge in [-0.2, -0.15) is 0 Å². The van der Waals surface area contributed by atoms with Crippen LogP contribution < -0.4 is 0 Å². The fraction of sp³-hybridized carbons (Fsp3) is 0.267. The van der Waals surface area contributed by atoms with Crippen LogP contribution in [0.2, 0.25) is 0 Å². The van der Waals surface area contributed by atoms with E-state index in [0.29, 0.717) is 12.3 Å². The quantitative estimate of drug-likeness (QED) is 0.837. The Hall–Kier alpha value is -2.03. The van der Waals surface area contributed by atoms with Crippen molar-refractivity contribution < 1.29 is 9.53 Å². The number of aromatic amines is 1. The SMILES string of the molecule is C=Cc1c(C(=O)OCC)[nH]c2c(C)cc(C)cc12. The molecule has 0 bridgehead atoms. The molecule has 0 saturated heterocycles. The first kappa shape index (κ1) is 12.4. The third kappa shape index (κ3) is 1.92. The Labute approximate surface area is 106 Å². The maximum atomic E-state index is 11.9. The smallest absolute Gasteiger partial charge is 0.355 e. The Morgan fingerprint density at radius 2 is 2.17 bits per heavy atom. The lowest BCUT2D eigenvalue weighted by molar-refractivity contribution is 0.0520. The highest BCUT2D eigenvalue weighted by atomic mass is 16.5. The number of aromatic nitrogens is 1. The van der Waals surface area contributed by atoms with Gasteiger partial charge in [-0.25, -0.2) is 4.79 Å². The number of rotatable bonds is 3. The van der Waals surface area contributed by atoms with Gasteiger partial charge in [0.1, 0.15) is 5.69 Å². The number of nitrogens with one attached hydrogen (secondary N) is 1. The molecule has 0 spiro atoms. The van der Waals surface area contributed by atoms with Crippen LogP contribution in [-0.4, -0.2) is 17.6 Å². The van der Waals surface area contributed by atoms with Crippen molar-refractivity contribution >= 4 is 22.9 Å². The lowest BCUT2D eigenvalue weighted by atomic mass is 10.0. The van der Waals surface area contributed by atoms with Gasteiger partial charge in [-0.15, -0.1) is 0 Å². The number of ether oxygens (including phenoxy) is 1. The topological polar surface area (TPSA) is 42.1 Å². The highest BCUT2D eigenvalue weighted by molar-refractivity contribution is 6.03. The van der Waals surface area contributed by atoms with Crippen LogP contribution in [-0.2, 0) is 4.74 Å². The molecule has 0 atom stereocenters. The van der Waals surface area contributed by atoms with Crippen molar-refractivity contribution in [2.75, 3.05) is 6.61 Å². The zero-order valence-electron chi connectivity index (χ0n) is 11.0. The Bertz CT molecular complexity index is 623. The summed E-state index contributed by atoms with van der Waals surface area (Å²) in [6, 6.07) is 4.14. The van der Waals surface area contributed by atoms with Gasteiger partial charge in [-0.05, 0) is 32.4 Å².